The standard InChI is InChI=1S/C15H15N5O3/c1-3-23-15(22)11-6-4-5-7-12(11)17-14(21)9-20-10(2)13(8-16)18-19-20/h4-7H,3,9H2,1-2H3,(H,17,21). The van der Waals surface area contributed by atoms with Crippen molar-refractivity contribution in [2.24, 2.45) is 0 Å². The van der Waals surface area contributed by atoms with Gasteiger partial charge in [-0.15, -0.1) is 5.10 Å². The fraction of sp³-hybridized carbons (Fsp3) is 0.267. The zero-order valence-corrected chi connectivity index (χ0v) is 12.7. The van der Waals surface area contributed by atoms with Crippen LogP contribution in [0.1, 0.15) is 28.7 Å². The number of carbonyl (C=O) groups is 2. The van der Waals surface area contributed by atoms with E-state index in [0.717, 1.165) is 0 Å². The van der Waals surface area contributed by atoms with Gasteiger partial charge < -0.3 is 10.1 Å². The quantitative estimate of drug-likeness (QED) is 0.832. The van der Waals surface area contributed by atoms with E-state index in [9.17, 15) is 9.59 Å². The Labute approximate surface area is 132 Å². The molecule has 1 amide bonds. The van der Waals surface area contributed by atoms with Gasteiger partial charge in [0.15, 0.2) is 5.69 Å². The van der Waals surface area contributed by atoms with Crippen molar-refractivity contribution < 1.29 is 14.3 Å². The Morgan fingerprint density at radius 3 is 2.78 bits per heavy atom. The average molecular weight is 313 g/mol. The number of hydrogen-bond donors (Lipinski definition) is 1. The molecule has 0 atom stereocenters. The molecule has 2 aromatic rings. The van der Waals surface area contributed by atoms with Crippen molar-refractivity contribution >= 4 is 17.6 Å². The van der Waals surface area contributed by atoms with Crippen LogP contribution in [-0.2, 0) is 16.1 Å². The van der Waals surface area contributed by atoms with Gasteiger partial charge in [0.05, 0.1) is 23.6 Å². The first-order valence-electron chi connectivity index (χ1n) is 6.93. The highest BCUT2D eigenvalue weighted by Crippen LogP contribution is 2.16. The summed E-state index contributed by atoms with van der Waals surface area (Å²) in [6.45, 7) is 3.49. The topological polar surface area (TPSA) is 110 Å². The van der Waals surface area contributed by atoms with Gasteiger partial charge in [-0.3, -0.25) is 4.79 Å². The van der Waals surface area contributed by atoms with E-state index in [4.69, 9.17) is 10.00 Å². The molecular formula is C15H15N5O3. The SMILES string of the molecule is CCOC(=O)c1ccccc1NC(=O)Cn1nnc(C#N)c1C. The van der Waals surface area contributed by atoms with Crippen molar-refractivity contribution in [3.63, 3.8) is 0 Å². The fourth-order valence-corrected chi connectivity index (χ4v) is 1.92. The van der Waals surface area contributed by atoms with Crippen LogP contribution < -0.4 is 5.32 Å². The number of amides is 1. The van der Waals surface area contributed by atoms with Crippen LogP contribution in [0.3, 0.4) is 0 Å². The lowest BCUT2D eigenvalue weighted by Crippen LogP contribution is -2.22. The van der Waals surface area contributed by atoms with E-state index in [-0.39, 0.29) is 30.3 Å². The molecule has 1 N–H and O–H groups in total. The Bertz CT molecular complexity index is 776. The second-order valence-electron chi connectivity index (χ2n) is 4.61. The van der Waals surface area contributed by atoms with Gasteiger partial charge in [-0.2, -0.15) is 5.26 Å². The molecule has 0 fully saturated rings. The lowest BCUT2D eigenvalue weighted by molar-refractivity contribution is -0.117. The summed E-state index contributed by atoms with van der Waals surface area (Å²) < 4.78 is 6.27. The predicted molar refractivity (Wildman–Crippen MR) is 80.5 cm³/mol. The largest absolute Gasteiger partial charge is 0.462 e. The molecule has 0 unspecified atom stereocenters. The molecule has 23 heavy (non-hydrogen) atoms. The second kappa shape index (κ2) is 7.17. The van der Waals surface area contributed by atoms with E-state index in [1.165, 1.54) is 4.68 Å². The van der Waals surface area contributed by atoms with Crippen molar-refractivity contribution in [1.82, 2.24) is 15.0 Å². The number of rotatable bonds is 5. The van der Waals surface area contributed by atoms with E-state index in [1.807, 2.05) is 6.07 Å². The predicted octanol–water partition coefficient (Wildman–Crippen LogP) is 1.27. The Morgan fingerprint density at radius 1 is 1.39 bits per heavy atom. The van der Waals surface area contributed by atoms with Gasteiger partial charge in [-0.05, 0) is 26.0 Å². The summed E-state index contributed by atoms with van der Waals surface area (Å²) in [6, 6.07) is 8.46. The monoisotopic (exact) mass is 313 g/mol. The van der Waals surface area contributed by atoms with Crippen LogP contribution in [-0.4, -0.2) is 33.5 Å². The zero-order chi connectivity index (χ0) is 16.8. The summed E-state index contributed by atoms with van der Waals surface area (Å²) in [5.74, 6) is -0.897. The summed E-state index contributed by atoms with van der Waals surface area (Å²) in [7, 11) is 0. The molecule has 2 rings (SSSR count). The first-order valence-corrected chi connectivity index (χ1v) is 6.93. The van der Waals surface area contributed by atoms with Gasteiger partial charge in [0.25, 0.3) is 0 Å². The molecule has 0 spiro atoms. The number of nitrogens with zero attached hydrogens (tertiary/aromatic N) is 4. The minimum absolute atomic E-state index is 0.113. The van der Waals surface area contributed by atoms with Gasteiger partial charge in [0, 0.05) is 0 Å². The first-order chi connectivity index (χ1) is 11.1. The van der Waals surface area contributed by atoms with Gasteiger partial charge in [0.1, 0.15) is 12.6 Å². The second-order valence-corrected chi connectivity index (χ2v) is 4.61. The molecule has 1 heterocycles. The maximum Gasteiger partial charge on any atom is 0.340 e. The molecule has 0 saturated carbocycles. The number of esters is 1. The van der Waals surface area contributed by atoms with Crippen molar-refractivity contribution in [2.75, 3.05) is 11.9 Å². The summed E-state index contributed by atoms with van der Waals surface area (Å²) >= 11 is 0. The van der Waals surface area contributed by atoms with Crippen molar-refractivity contribution in [3.8, 4) is 6.07 Å². The Hall–Kier alpha value is -3.21. The summed E-state index contributed by atoms with van der Waals surface area (Å²) in [5.41, 5.74) is 1.30. The molecular weight excluding hydrogens is 298 g/mol. The fourth-order valence-electron chi connectivity index (χ4n) is 1.92. The van der Waals surface area contributed by atoms with Gasteiger partial charge in [-0.1, -0.05) is 17.3 Å². The van der Waals surface area contributed by atoms with Crippen LogP contribution in [0.5, 0.6) is 0 Å². The van der Waals surface area contributed by atoms with Crippen molar-refractivity contribution in [1.29, 1.82) is 5.26 Å². The number of nitrogens with one attached hydrogen (secondary N) is 1. The zero-order valence-electron chi connectivity index (χ0n) is 12.7. The average Bonchev–Trinajstić information content (AvgIpc) is 2.88. The van der Waals surface area contributed by atoms with Crippen molar-refractivity contribution in [2.45, 2.75) is 20.4 Å². The van der Waals surface area contributed by atoms with E-state index < -0.39 is 5.97 Å². The molecule has 0 aliphatic carbocycles. The summed E-state index contributed by atoms with van der Waals surface area (Å²) in [5, 5.41) is 18.9. The van der Waals surface area contributed by atoms with Crippen LogP contribution in [0.25, 0.3) is 0 Å². The third-order valence-electron chi connectivity index (χ3n) is 3.08. The minimum Gasteiger partial charge on any atom is -0.462 e. The first kappa shape index (κ1) is 16.2. The normalized spacial score (nSPS) is 9.96. The third-order valence-corrected chi connectivity index (χ3v) is 3.08. The number of nitriles is 1. The molecule has 0 saturated heterocycles. The van der Waals surface area contributed by atoms with E-state index in [2.05, 4.69) is 15.6 Å². The van der Waals surface area contributed by atoms with Gasteiger partial charge in [-0.25, -0.2) is 9.48 Å². The number of benzene rings is 1. The highest BCUT2D eigenvalue weighted by molar-refractivity contribution is 6.01. The Balaban J connectivity index is 2.13. The Morgan fingerprint density at radius 2 is 2.13 bits per heavy atom. The van der Waals surface area contributed by atoms with Crippen LogP contribution >= 0.6 is 0 Å². The smallest absolute Gasteiger partial charge is 0.340 e. The van der Waals surface area contributed by atoms with Gasteiger partial charge >= 0.3 is 5.97 Å². The van der Waals surface area contributed by atoms with E-state index >= 15 is 0 Å². The summed E-state index contributed by atoms with van der Waals surface area (Å²) in [6.07, 6.45) is 0. The van der Waals surface area contributed by atoms with Crippen LogP contribution in [0, 0.1) is 18.3 Å². The van der Waals surface area contributed by atoms with Crippen LogP contribution in [0.4, 0.5) is 5.69 Å². The number of hydrogen-bond acceptors (Lipinski definition) is 6. The molecule has 1 aromatic heterocycles. The number of ether oxygens (including phenoxy) is 1. The minimum atomic E-state index is -0.507. The molecule has 0 bridgehead atoms. The third kappa shape index (κ3) is 3.71. The summed E-state index contributed by atoms with van der Waals surface area (Å²) in [4.78, 5) is 24.0. The number of para-hydroxylation sites is 1. The van der Waals surface area contributed by atoms with Crippen LogP contribution in [0.15, 0.2) is 24.3 Å². The molecule has 0 aliphatic rings. The number of carbonyl (C=O) groups excluding carboxylic acids is 2. The van der Waals surface area contributed by atoms with E-state index in [0.29, 0.717) is 11.4 Å². The molecule has 0 radical (unpaired) electrons. The molecule has 8 heteroatoms. The maximum atomic E-state index is 12.1. The highest BCUT2D eigenvalue weighted by Gasteiger charge is 2.15. The molecule has 118 valence electrons. The lowest BCUT2D eigenvalue weighted by Gasteiger charge is -2.10. The Kier molecular flexibility index (Phi) is 5.04. The van der Waals surface area contributed by atoms with Gasteiger partial charge in [0.2, 0.25) is 5.91 Å². The molecule has 0 aliphatic heterocycles. The van der Waals surface area contributed by atoms with Crippen LogP contribution in [0.2, 0.25) is 0 Å². The highest BCUT2D eigenvalue weighted by atomic mass is 16.5. The molecule has 1 aromatic carbocycles. The lowest BCUT2D eigenvalue weighted by atomic mass is 10.2. The number of anilines is 1. The molecule has 8 nitrogen and oxygen atoms in total. The van der Waals surface area contributed by atoms with Crippen molar-refractivity contribution in [3.05, 3.63) is 41.2 Å². The maximum absolute atomic E-state index is 12.1. The van der Waals surface area contributed by atoms with E-state index in [1.54, 1.807) is 38.1 Å². The number of aromatic nitrogens is 3.